The number of rotatable bonds is 1. The van der Waals surface area contributed by atoms with Gasteiger partial charge in [0, 0.05) is 5.56 Å². The van der Waals surface area contributed by atoms with Crippen molar-refractivity contribution in [3.05, 3.63) is 21.9 Å². The lowest BCUT2D eigenvalue weighted by molar-refractivity contribution is 0.323. The molecule has 0 bridgehead atoms. The van der Waals surface area contributed by atoms with Gasteiger partial charge in [0.1, 0.15) is 0 Å². The molecule has 0 amide bonds. The van der Waals surface area contributed by atoms with E-state index in [0.29, 0.717) is 5.56 Å². The van der Waals surface area contributed by atoms with E-state index in [2.05, 4.69) is 16.3 Å². The number of nitrogens with zero attached hydrogens (tertiary/aromatic N) is 3. The molecular formula is C9H7Cl2N3. The molecule has 0 aromatic carbocycles. The molecule has 1 aromatic heterocycles. The Hall–Kier alpha value is -0.850. The Morgan fingerprint density at radius 1 is 1.36 bits per heavy atom. The highest BCUT2D eigenvalue weighted by atomic mass is 35.5. The van der Waals surface area contributed by atoms with Crippen LogP contribution >= 0.6 is 23.2 Å². The third-order valence-electron chi connectivity index (χ3n) is 2.66. The van der Waals surface area contributed by atoms with Gasteiger partial charge in [0.15, 0.2) is 10.3 Å². The van der Waals surface area contributed by atoms with Crippen molar-refractivity contribution < 1.29 is 0 Å². The zero-order chi connectivity index (χ0) is 10.2. The van der Waals surface area contributed by atoms with Crippen LogP contribution in [0.1, 0.15) is 24.8 Å². The second-order valence-electron chi connectivity index (χ2n) is 3.42. The molecule has 1 fully saturated rings. The summed E-state index contributed by atoms with van der Waals surface area (Å²) in [6.07, 6.45) is 2.69. The second kappa shape index (κ2) is 3.38. The predicted molar refractivity (Wildman–Crippen MR) is 53.2 cm³/mol. The van der Waals surface area contributed by atoms with Gasteiger partial charge >= 0.3 is 0 Å². The molecule has 1 aliphatic rings. The first-order chi connectivity index (χ1) is 6.68. The number of hydrogen-bond acceptors (Lipinski definition) is 3. The quantitative estimate of drug-likeness (QED) is 0.742. The standard InChI is InChI=1S/C9H7Cl2N3/c10-7-4-6(8(11)14-13-7)9(5-12)2-1-3-9/h4H,1-3H2. The van der Waals surface area contributed by atoms with E-state index in [-0.39, 0.29) is 10.3 Å². The Balaban J connectivity index is 2.50. The average molecular weight is 228 g/mol. The van der Waals surface area contributed by atoms with E-state index in [1.165, 1.54) is 0 Å². The van der Waals surface area contributed by atoms with Gasteiger partial charge in [-0.05, 0) is 25.3 Å². The lowest BCUT2D eigenvalue weighted by Gasteiger charge is -2.35. The molecule has 14 heavy (non-hydrogen) atoms. The molecule has 0 atom stereocenters. The lowest BCUT2D eigenvalue weighted by Crippen LogP contribution is -2.33. The van der Waals surface area contributed by atoms with Gasteiger partial charge in [0.2, 0.25) is 0 Å². The fourth-order valence-electron chi connectivity index (χ4n) is 1.66. The van der Waals surface area contributed by atoms with Crippen LogP contribution in [0.4, 0.5) is 0 Å². The number of hydrogen-bond donors (Lipinski definition) is 0. The fourth-order valence-corrected chi connectivity index (χ4v) is 2.08. The molecule has 0 radical (unpaired) electrons. The van der Waals surface area contributed by atoms with E-state index in [1.807, 2.05) is 0 Å². The maximum atomic E-state index is 9.11. The predicted octanol–water partition coefficient (Wildman–Crippen LogP) is 2.73. The molecule has 1 saturated carbocycles. The molecule has 0 unspecified atom stereocenters. The molecule has 0 spiro atoms. The lowest BCUT2D eigenvalue weighted by atomic mass is 9.66. The third kappa shape index (κ3) is 1.35. The van der Waals surface area contributed by atoms with Crippen molar-refractivity contribution in [1.82, 2.24) is 10.2 Å². The summed E-state index contributed by atoms with van der Waals surface area (Å²) in [5.41, 5.74) is 0.240. The van der Waals surface area contributed by atoms with Crippen LogP contribution in [0.15, 0.2) is 6.07 Å². The average Bonchev–Trinajstić information content (AvgIpc) is 2.10. The summed E-state index contributed by atoms with van der Waals surface area (Å²) in [6.45, 7) is 0. The van der Waals surface area contributed by atoms with E-state index in [4.69, 9.17) is 28.5 Å². The Kier molecular flexibility index (Phi) is 2.34. The second-order valence-corrected chi connectivity index (χ2v) is 4.16. The molecule has 0 aliphatic heterocycles. The van der Waals surface area contributed by atoms with Gasteiger partial charge in [-0.2, -0.15) is 5.26 Å². The van der Waals surface area contributed by atoms with E-state index in [0.717, 1.165) is 19.3 Å². The van der Waals surface area contributed by atoms with Crippen molar-refractivity contribution in [2.75, 3.05) is 0 Å². The highest BCUT2D eigenvalue weighted by molar-refractivity contribution is 6.31. The largest absolute Gasteiger partial charge is 0.197 e. The topological polar surface area (TPSA) is 49.6 Å². The van der Waals surface area contributed by atoms with Crippen LogP contribution in [0.25, 0.3) is 0 Å². The monoisotopic (exact) mass is 227 g/mol. The van der Waals surface area contributed by atoms with Crippen molar-refractivity contribution in [2.24, 2.45) is 0 Å². The third-order valence-corrected chi connectivity index (χ3v) is 3.12. The van der Waals surface area contributed by atoms with Gasteiger partial charge in [-0.15, -0.1) is 10.2 Å². The zero-order valence-corrected chi connectivity index (χ0v) is 8.81. The minimum Gasteiger partial charge on any atom is -0.197 e. The summed E-state index contributed by atoms with van der Waals surface area (Å²) in [7, 11) is 0. The van der Waals surface area contributed by atoms with Crippen molar-refractivity contribution in [2.45, 2.75) is 24.7 Å². The maximum absolute atomic E-state index is 9.11. The molecule has 0 saturated heterocycles. The van der Waals surface area contributed by atoms with Crippen LogP contribution in [-0.2, 0) is 5.41 Å². The van der Waals surface area contributed by atoms with Gasteiger partial charge in [-0.3, -0.25) is 0 Å². The van der Waals surface area contributed by atoms with Gasteiger partial charge in [0.25, 0.3) is 0 Å². The van der Waals surface area contributed by atoms with Crippen LogP contribution < -0.4 is 0 Å². The molecule has 0 N–H and O–H groups in total. The van der Waals surface area contributed by atoms with Crippen LogP contribution in [0.3, 0.4) is 0 Å². The minimum atomic E-state index is -0.476. The van der Waals surface area contributed by atoms with Crippen molar-refractivity contribution in [3.8, 4) is 6.07 Å². The number of nitriles is 1. The minimum absolute atomic E-state index is 0.283. The van der Waals surface area contributed by atoms with Crippen LogP contribution in [-0.4, -0.2) is 10.2 Å². The van der Waals surface area contributed by atoms with Crippen LogP contribution in [0.5, 0.6) is 0 Å². The smallest absolute Gasteiger partial charge is 0.156 e. The summed E-state index contributed by atoms with van der Waals surface area (Å²) in [4.78, 5) is 0. The molecule has 3 nitrogen and oxygen atoms in total. The summed E-state index contributed by atoms with van der Waals surface area (Å²) in [5, 5.41) is 17.0. The van der Waals surface area contributed by atoms with Crippen LogP contribution in [0.2, 0.25) is 10.3 Å². The summed E-state index contributed by atoms with van der Waals surface area (Å²) in [6, 6.07) is 3.93. The summed E-state index contributed by atoms with van der Waals surface area (Å²) >= 11 is 11.6. The first kappa shape index (κ1) is 9.70. The summed E-state index contributed by atoms with van der Waals surface area (Å²) in [5.74, 6) is 0. The van der Waals surface area contributed by atoms with Crippen molar-refractivity contribution >= 4 is 23.2 Å². The number of halogens is 2. The van der Waals surface area contributed by atoms with Gasteiger partial charge in [0.05, 0.1) is 11.5 Å². The Morgan fingerprint density at radius 2 is 2.07 bits per heavy atom. The van der Waals surface area contributed by atoms with E-state index in [9.17, 15) is 0 Å². The molecule has 1 heterocycles. The first-order valence-electron chi connectivity index (χ1n) is 4.28. The summed E-state index contributed by atoms with van der Waals surface area (Å²) < 4.78 is 0. The van der Waals surface area contributed by atoms with E-state index >= 15 is 0 Å². The SMILES string of the molecule is N#CC1(c2cc(Cl)nnc2Cl)CCC1. The first-order valence-corrected chi connectivity index (χ1v) is 5.04. The van der Waals surface area contributed by atoms with Gasteiger partial charge < -0.3 is 0 Å². The normalized spacial score (nSPS) is 18.4. The Bertz CT molecular complexity index is 407. The Labute approximate surface area is 91.7 Å². The Morgan fingerprint density at radius 3 is 2.57 bits per heavy atom. The zero-order valence-electron chi connectivity index (χ0n) is 7.30. The molecule has 5 heteroatoms. The molecule has 1 aliphatic carbocycles. The van der Waals surface area contributed by atoms with Gasteiger partial charge in [-0.25, -0.2) is 0 Å². The maximum Gasteiger partial charge on any atom is 0.156 e. The molecule has 72 valence electrons. The highest BCUT2D eigenvalue weighted by Crippen LogP contribution is 2.45. The fraction of sp³-hybridized carbons (Fsp3) is 0.444. The van der Waals surface area contributed by atoms with E-state index in [1.54, 1.807) is 6.07 Å². The number of aromatic nitrogens is 2. The molecular weight excluding hydrogens is 221 g/mol. The molecule has 2 rings (SSSR count). The highest BCUT2D eigenvalue weighted by Gasteiger charge is 2.41. The molecule has 1 aromatic rings. The van der Waals surface area contributed by atoms with Crippen LogP contribution in [0, 0.1) is 11.3 Å². The van der Waals surface area contributed by atoms with Gasteiger partial charge in [-0.1, -0.05) is 23.2 Å². The van der Waals surface area contributed by atoms with E-state index < -0.39 is 5.41 Å². The van der Waals surface area contributed by atoms with Crippen molar-refractivity contribution in [3.63, 3.8) is 0 Å². The van der Waals surface area contributed by atoms with Crippen molar-refractivity contribution in [1.29, 1.82) is 5.26 Å².